The molecule has 1 aromatic rings. The van der Waals surface area contributed by atoms with E-state index in [9.17, 15) is 22.4 Å². The molecular formula is C9H5BrF4O. The smallest absolute Gasteiger partial charge is 0.288 e. The molecule has 0 bridgehead atoms. The van der Waals surface area contributed by atoms with Gasteiger partial charge in [-0.3, -0.25) is 4.79 Å². The molecule has 0 heterocycles. The molecule has 1 rings (SSSR count). The highest BCUT2D eigenvalue weighted by Gasteiger charge is 2.26. The van der Waals surface area contributed by atoms with E-state index in [1.165, 1.54) is 0 Å². The summed E-state index contributed by atoms with van der Waals surface area (Å²) in [6.45, 7) is 1.07. The molecule has 0 aliphatic rings. The van der Waals surface area contributed by atoms with Crippen LogP contribution in [0.3, 0.4) is 0 Å². The van der Waals surface area contributed by atoms with Crippen LogP contribution in [0.2, 0.25) is 0 Å². The fourth-order valence-corrected chi connectivity index (χ4v) is 1.59. The Kier molecular flexibility index (Phi) is 3.49. The van der Waals surface area contributed by atoms with Crippen molar-refractivity contribution < 1.29 is 22.4 Å². The summed E-state index contributed by atoms with van der Waals surface area (Å²) >= 11 is 2.67. The lowest BCUT2D eigenvalue weighted by molar-refractivity contribution is 0.0673. The van der Waals surface area contributed by atoms with Crippen molar-refractivity contribution in [3.8, 4) is 0 Å². The van der Waals surface area contributed by atoms with Crippen LogP contribution >= 0.6 is 15.9 Å². The number of ketones is 1. The molecule has 0 amide bonds. The van der Waals surface area contributed by atoms with Gasteiger partial charge in [-0.1, -0.05) is 0 Å². The molecule has 1 aromatic carbocycles. The molecule has 0 saturated heterocycles. The van der Waals surface area contributed by atoms with Crippen LogP contribution in [0.15, 0.2) is 10.5 Å². The Morgan fingerprint density at radius 2 is 1.93 bits per heavy atom. The lowest BCUT2D eigenvalue weighted by Gasteiger charge is -2.07. The van der Waals surface area contributed by atoms with Gasteiger partial charge in [0.1, 0.15) is 11.6 Å². The highest BCUT2D eigenvalue weighted by atomic mass is 79.9. The minimum absolute atomic E-state index is 0.312. The van der Waals surface area contributed by atoms with E-state index in [2.05, 4.69) is 15.9 Å². The third-order valence-electron chi connectivity index (χ3n) is 1.84. The summed E-state index contributed by atoms with van der Waals surface area (Å²) < 4.78 is 50.1. The number of alkyl halides is 2. The largest absolute Gasteiger partial charge is 0.300 e. The summed E-state index contributed by atoms with van der Waals surface area (Å²) in [6.07, 6.45) is -3.32. The monoisotopic (exact) mass is 284 g/mol. The van der Waals surface area contributed by atoms with Crippen LogP contribution in [0.5, 0.6) is 0 Å². The average Bonchev–Trinajstić information content (AvgIpc) is 2.14. The van der Waals surface area contributed by atoms with E-state index in [1.807, 2.05) is 0 Å². The van der Waals surface area contributed by atoms with Gasteiger partial charge in [0, 0.05) is 10.0 Å². The zero-order chi connectivity index (χ0) is 11.7. The quantitative estimate of drug-likeness (QED) is 0.600. The molecule has 0 saturated carbocycles. The van der Waals surface area contributed by atoms with Crippen LogP contribution in [0, 0.1) is 18.6 Å². The molecule has 0 aliphatic heterocycles. The van der Waals surface area contributed by atoms with Gasteiger partial charge in [-0.25, -0.2) is 17.6 Å². The molecule has 0 unspecified atom stereocenters. The van der Waals surface area contributed by atoms with E-state index in [0.29, 0.717) is 0 Å². The zero-order valence-corrected chi connectivity index (χ0v) is 9.04. The van der Waals surface area contributed by atoms with E-state index in [-0.39, 0.29) is 4.47 Å². The highest BCUT2D eigenvalue weighted by molar-refractivity contribution is 9.10. The van der Waals surface area contributed by atoms with Crippen LogP contribution in [0.4, 0.5) is 17.6 Å². The Bertz CT molecular complexity index is 417. The van der Waals surface area contributed by atoms with Crippen molar-refractivity contribution in [1.29, 1.82) is 0 Å². The van der Waals surface area contributed by atoms with Gasteiger partial charge in [-0.05, 0) is 28.9 Å². The van der Waals surface area contributed by atoms with Crippen molar-refractivity contribution in [2.24, 2.45) is 0 Å². The van der Waals surface area contributed by atoms with Crippen LogP contribution in [-0.2, 0) is 0 Å². The Morgan fingerprint density at radius 1 is 1.40 bits per heavy atom. The Balaban J connectivity index is 3.43. The normalized spacial score (nSPS) is 10.9. The lowest BCUT2D eigenvalue weighted by Crippen LogP contribution is -2.14. The van der Waals surface area contributed by atoms with Gasteiger partial charge < -0.3 is 0 Å². The first kappa shape index (κ1) is 12.2. The molecule has 1 nitrogen and oxygen atoms in total. The Hall–Kier alpha value is -0.910. The van der Waals surface area contributed by atoms with Gasteiger partial charge >= 0.3 is 6.43 Å². The SMILES string of the molecule is Cc1c(F)cc(Br)c(C(=O)C(F)F)c1F. The molecule has 15 heavy (non-hydrogen) atoms. The van der Waals surface area contributed by atoms with Crippen molar-refractivity contribution in [3.05, 3.63) is 33.3 Å². The maximum atomic E-state index is 13.3. The van der Waals surface area contributed by atoms with E-state index in [4.69, 9.17) is 0 Å². The topological polar surface area (TPSA) is 17.1 Å². The number of carbonyl (C=O) groups excluding carboxylic acids is 1. The minimum atomic E-state index is -3.32. The van der Waals surface area contributed by atoms with E-state index in [1.54, 1.807) is 0 Å². The van der Waals surface area contributed by atoms with Crippen molar-refractivity contribution in [2.75, 3.05) is 0 Å². The second-order valence-electron chi connectivity index (χ2n) is 2.82. The number of benzene rings is 1. The second-order valence-corrected chi connectivity index (χ2v) is 3.67. The first-order valence-corrected chi connectivity index (χ1v) is 4.62. The Labute approximate surface area is 91.2 Å². The molecule has 0 aromatic heterocycles. The maximum absolute atomic E-state index is 13.3. The third kappa shape index (κ3) is 2.19. The van der Waals surface area contributed by atoms with Crippen LogP contribution in [0.1, 0.15) is 15.9 Å². The number of rotatable bonds is 2. The average molecular weight is 285 g/mol. The number of carbonyl (C=O) groups is 1. The molecule has 0 atom stereocenters. The van der Waals surface area contributed by atoms with Gasteiger partial charge in [0.25, 0.3) is 0 Å². The van der Waals surface area contributed by atoms with Crippen LogP contribution < -0.4 is 0 Å². The fourth-order valence-electron chi connectivity index (χ4n) is 1.02. The summed E-state index contributed by atoms with van der Waals surface area (Å²) in [5.41, 5.74) is -1.27. The van der Waals surface area contributed by atoms with Crippen molar-refractivity contribution in [1.82, 2.24) is 0 Å². The molecule has 0 spiro atoms. The molecule has 0 N–H and O–H groups in total. The van der Waals surface area contributed by atoms with E-state index >= 15 is 0 Å². The van der Waals surface area contributed by atoms with Crippen molar-refractivity contribution >= 4 is 21.7 Å². The predicted molar refractivity (Wildman–Crippen MR) is 49.1 cm³/mol. The Morgan fingerprint density at radius 3 is 2.40 bits per heavy atom. The fraction of sp³-hybridized carbons (Fsp3) is 0.222. The second kappa shape index (κ2) is 4.30. The summed E-state index contributed by atoms with van der Waals surface area (Å²) in [7, 11) is 0. The van der Waals surface area contributed by atoms with E-state index in [0.717, 1.165) is 13.0 Å². The van der Waals surface area contributed by atoms with Gasteiger partial charge in [0.15, 0.2) is 0 Å². The van der Waals surface area contributed by atoms with Gasteiger partial charge in [-0.2, -0.15) is 0 Å². The third-order valence-corrected chi connectivity index (χ3v) is 2.47. The standard InChI is InChI=1S/C9H5BrF4O/c1-3-5(11)2-4(10)6(7(3)12)8(15)9(13)14/h2,9H,1H3. The van der Waals surface area contributed by atoms with Crippen LogP contribution in [-0.4, -0.2) is 12.2 Å². The molecular weight excluding hydrogens is 280 g/mol. The number of hydrogen-bond donors (Lipinski definition) is 0. The molecule has 0 radical (unpaired) electrons. The molecule has 0 fully saturated rings. The van der Waals surface area contributed by atoms with Gasteiger partial charge in [0.2, 0.25) is 5.78 Å². The first-order chi connectivity index (χ1) is 6.86. The minimum Gasteiger partial charge on any atom is -0.288 e. The summed E-state index contributed by atoms with van der Waals surface area (Å²) in [4.78, 5) is 10.9. The number of Topliss-reactive ketones (excluding diaryl/α,β-unsaturated/α-hetero) is 1. The zero-order valence-electron chi connectivity index (χ0n) is 7.45. The summed E-state index contributed by atoms with van der Waals surface area (Å²) in [5, 5.41) is 0. The highest BCUT2D eigenvalue weighted by Crippen LogP contribution is 2.27. The molecule has 6 heteroatoms. The van der Waals surface area contributed by atoms with Gasteiger partial charge in [0.05, 0.1) is 5.56 Å². The maximum Gasteiger partial charge on any atom is 0.300 e. The number of halogens is 5. The van der Waals surface area contributed by atoms with Crippen molar-refractivity contribution in [3.63, 3.8) is 0 Å². The predicted octanol–water partition coefficient (Wildman–Crippen LogP) is 3.48. The van der Waals surface area contributed by atoms with E-state index < -0.39 is 35.0 Å². The van der Waals surface area contributed by atoms with Crippen LogP contribution in [0.25, 0.3) is 0 Å². The molecule has 0 aliphatic carbocycles. The summed E-state index contributed by atoms with van der Waals surface area (Å²) in [6, 6.07) is 0.786. The first-order valence-electron chi connectivity index (χ1n) is 3.82. The van der Waals surface area contributed by atoms with Gasteiger partial charge in [-0.15, -0.1) is 0 Å². The lowest BCUT2D eigenvalue weighted by atomic mass is 10.1. The summed E-state index contributed by atoms with van der Waals surface area (Å²) in [5.74, 6) is -3.82. The molecule has 82 valence electrons. The number of hydrogen-bond acceptors (Lipinski definition) is 1. The van der Waals surface area contributed by atoms with Crippen molar-refractivity contribution in [2.45, 2.75) is 13.3 Å².